The number of halogens is 2. The molecule has 1 aromatic rings. The third kappa shape index (κ3) is 4.44. The van der Waals surface area contributed by atoms with Crippen LogP contribution in [-0.2, 0) is 0 Å². The number of aromatic nitrogens is 1. The van der Waals surface area contributed by atoms with E-state index in [0.29, 0.717) is 13.2 Å². The van der Waals surface area contributed by atoms with Crippen LogP contribution >= 0.6 is 11.6 Å². The van der Waals surface area contributed by atoms with Gasteiger partial charge in [-0.1, -0.05) is 18.5 Å². The predicted molar refractivity (Wildman–Crippen MR) is 57.9 cm³/mol. The van der Waals surface area contributed by atoms with Crippen LogP contribution in [0.4, 0.5) is 4.39 Å². The molecule has 1 aromatic heterocycles. The van der Waals surface area contributed by atoms with Crippen molar-refractivity contribution in [2.24, 2.45) is 0 Å². The van der Waals surface area contributed by atoms with E-state index in [-0.39, 0.29) is 10.9 Å². The van der Waals surface area contributed by atoms with Crippen LogP contribution in [0.15, 0.2) is 12.3 Å². The first-order valence-corrected chi connectivity index (χ1v) is 5.26. The van der Waals surface area contributed by atoms with Gasteiger partial charge in [0.15, 0.2) is 5.82 Å². The summed E-state index contributed by atoms with van der Waals surface area (Å²) in [6.45, 7) is 4.08. The normalized spacial score (nSPS) is 10.3. The van der Waals surface area contributed by atoms with Gasteiger partial charge in [-0.3, -0.25) is 0 Å². The number of nitrogens with zero attached hydrogens (tertiary/aromatic N) is 1. The first kappa shape index (κ1) is 12.2. The van der Waals surface area contributed by atoms with E-state index in [2.05, 4.69) is 17.2 Å². The Balaban J connectivity index is 2.31. The molecule has 1 heterocycles. The van der Waals surface area contributed by atoms with Gasteiger partial charge in [0, 0.05) is 12.7 Å². The Hall–Kier alpha value is -0.870. The Labute approximate surface area is 93.6 Å². The van der Waals surface area contributed by atoms with Gasteiger partial charge in [0.05, 0.1) is 5.02 Å². The fourth-order valence-corrected chi connectivity index (χ4v) is 1.17. The van der Waals surface area contributed by atoms with Gasteiger partial charge >= 0.3 is 0 Å². The van der Waals surface area contributed by atoms with E-state index in [0.717, 1.165) is 13.0 Å². The Kier molecular flexibility index (Phi) is 5.36. The third-order valence-corrected chi connectivity index (χ3v) is 1.93. The highest BCUT2D eigenvalue weighted by Gasteiger charge is 2.04. The fourth-order valence-electron chi connectivity index (χ4n) is 1.03. The average Bonchev–Trinajstić information content (AvgIpc) is 2.20. The SMILES string of the molecule is CCCNCCOc1ncc(Cl)cc1F. The third-order valence-electron chi connectivity index (χ3n) is 1.72. The lowest BCUT2D eigenvalue weighted by Crippen LogP contribution is -2.22. The van der Waals surface area contributed by atoms with E-state index >= 15 is 0 Å². The Bertz CT molecular complexity index is 309. The Morgan fingerprint density at radius 1 is 1.53 bits per heavy atom. The van der Waals surface area contributed by atoms with Crippen molar-refractivity contribution in [3.8, 4) is 5.88 Å². The minimum atomic E-state index is -0.530. The van der Waals surface area contributed by atoms with Gasteiger partial charge in [0.25, 0.3) is 5.88 Å². The zero-order valence-corrected chi connectivity index (χ0v) is 9.35. The van der Waals surface area contributed by atoms with Gasteiger partial charge in [-0.15, -0.1) is 0 Å². The van der Waals surface area contributed by atoms with Crippen LogP contribution < -0.4 is 10.1 Å². The molecule has 15 heavy (non-hydrogen) atoms. The fraction of sp³-hybridized carbons (Fsp3) is 0.500. The zero-order chi connectivity index (χ0) is 11.1. The quantitative estimate of drug-likeness (QED) is 0.764. The summed E-state index contributed by atoms with van der Waals surface area (Å²) in [6, 6.07) is 1.18. The molecule has 0 bridgehead atoms. The highest BCUT2D eigenvalue weighted by Crippen LogP contribution is 2.16. The molecule has 0 aliphatic heterocycles. The lowest BCUT2D eigenvalue weighted by Gasteiger charge is -2.06. The number of hydrogen-bond acceptors (Lipinski definition) is 3. The molecular weight excluding hydrogens is 219 g/mol. The van der Waals surface area contributed by atoms with E-state index in [1.807, 2.05) is 0 Å². The van der Waals surface area contributed by atoms with Crippen LogP contribution in [0.25, 0.3) is 0 Å². The minimum absolute atomic E-state index is 0.00213. The lowest BCUT2D eigenvalue weighted by atomic mass is 10.4. The molecular formula is C10H14ClFN2O. The molecule has 3 nitrogen and oxygen atoms in total. The summed E-state index contributed by atoms with van der Waals surface area (Å²) in [5.74, 6) is -0.532. The van der Waals surface area contributed by atoms with Gasteiger partial charge in [0.1, 0.15) is 6.61 Å². The van der Waals surface area contributed by atoms with E-state index < -0.39 is 5.82 Å². The number of pyridine rings is 1. The van der Waals surface area contributed by atoms with Crippen molar-refractivity contribution in [3.05, 3.63) is 23.1 Å². The van der Waals surface area contributed by atoms with Gasteiger partial charge in [-0.2, -0.15) is 0 Å². The summed E-state index contributed by atoms with van der Waals surface area (Å²) in [5.41, 5.74) is 0. The Morgan fingerprint density at radius 3 is 3.00 bits per heavy atom. The molecule has 0 radical (unpaired) electrons. The molecule has 0 fully saturated rings. The van der Waals surface area contributed by atoms with Crippen molar-refractivity contribution in [1.29, 1.82) is 0 Å². The molecule has 0 saturated heterocycles. The summed E-state index contributed by atoms with van der Waals surface area (Å²) < 4.78 is 18.3. The summed E-state index contributed by atoms with van der Waals surface area (Å²) in [4.78, 5) is 3.74. The second-order valence-corrected chi connectivity index (χ2v) is 3.48. The first-order chi connectivity index (χ1) is 7.24. The largest absolute Gasteiger partial charge is 0.474 e. The van der Waals surface area contributed by atoms with Gasteiger partial charge < -0.3 is 10.1 Å². The highest BCUT2D eigenvalue weighted by molar-refractivity contribution is 6.30. The van der Waals surface area contributed by atoms with Crippen LogP contribution in [0.2, 0.25) is 5.02 Å². The van der Waals surface area contributed by atoms with Gasteiger partial charge in [-0.05, 0) is 19.0 Å². The molecule has 1 rings (SSSR count). The van der Waals surface area contributed by atoms with E-state index in [1.54, 1.807) is 0 Å². The van der Waals surface area contributed by atoms with Crippen molar-refractivity contribution in [3.63, 3.8) is 0 Å². The number of rotatable bonds is 6. The lowest BCUT2D eigenvalue weighted by molar-refractivity contribution is 0.286. The summed E-state index contributed by atoms with van der Waals surface area (Å²) in [7, 11) is 0. The second kappa shape index (κ2) is 6.58. The average molecular weight is 233 g/mol. The van der Waals surface area contributed by atoms with Crippen LogP contribution in [0.3, 0.4) is 0 Å². The summed E-state index contributed by atoms with van der Waals surface area (Å²) >= 11 is 5.55. The topological polar surface area (TPSA) is 34.1 Å². The van der Waals surface area contributed by atoms with Crippen molar-refractivity contribution in [2.45, 2.75) is 13.3 Å². The molecule has 1 N–H and O–H groups in total. The van der Waals surface area contributed by atoms with Crippen molar-refractivity contribution in [1.82, 2.24) is 10.3 Å². The maximum atomic E-state index is 13.1. The van der Waals surface area contributed by atoms with Crippen LogP contribution in [0, 0.1) is 5.82 Å². The number of hydrogen-bond donors (Lipinski definition) is 1. The maximum absolute atomic E-state index is 13.1. The van der Waals surface area contributed by atoms with Crippen molar-refractivity contribution in [2.75, 3.05) is 19.7 Å². The minimum Gasteiger partial charge on any atom is -0.474 e. The van der Waals surface area contributed by atoms with E-state index in [1.165, 1.54) is 12.3 Å². The molecule has 0 aliphatic carbocycles. The zero-order valence-electron chi connectivity index (χ0n) is 8.59. The predicted octanol–water partition coefficient (Wildman–Crippen LogP) is 2.25. The van der Waals surface area contributed by atoms with Crippen LogP contribution in [0.1, 0.15) is 13.3 Å². The van der Waals surface area contributed by atoms with Crippen molar-refractivity contribution < 1.29 is 9.13 Å². The molecule has 84 valence electrons. The van der Waals surface area contributed by atoms with Crippen LogP contribution in [-0.4, -0.2) is 24.7 Å². The molecule has 0 spiro atoms. The van der Waals surface area contributed by atoms with Gasteiger partial charge in [-0.25, -0.2) is 9.37 Å². The maximum Gasteiger partial charge on any atom is 0.250 e. The van der Waals surface area contributed by atoms with Crippen LogP contribution in [0.5, 0.6) is 5.88 Å². The first-order valence-electron chi connectivity index (χ1n) is 4.88. The number of ether oxygens (including phenoxy) is 1. The van der Waals surface area contributed by atoms with E-state index in [9.17, 15) is 4.39 Å². The standard InChI is InChI=1S/C10H14ClFN2O/c1-2-3-13-4-5-15-10-9(12)6-8(11)7-14-10/h6-7,13H,2-5H2,1H3. The summed E-state index contributed by atoms with van der Waals surface area (Å²) in [5, 5.41) is 3.40. The molecule has 5 heteroatoms. The molecule has 0 aliphatic rings. The van der Waals surface area contributed by atoms with E-state index in [4.69, 9.17) is 16.3 Å². The highest BCUT2D eigenvalue weighted by atomic mass is 35.5. The molecule has 0 unspecified atom stereocenters. The number of nitrogens with one attached hydrogen (secondary N) is 1. The monoisotopic (exact) mass is 232 g/mol. The molecule has 0 aromatic carbocycles. The molecule has 0 saturated carbocycles. The molecule has 0 atom stereocenters. The van der Waals surface area contributed by atoms with Crippen molar-refractivity contribution >= 4 is 11.6 Å². The molecule has 0 amide bonds. The Morgan fingerprint density at radius 2 is 2.33 bits per heavy atom. The summed E-state index contributed by atoms with van der Waals surface area (Å²) in [6.07, 6.45) is 2.42. The smallest absolute Gasteiger partial charge is 0.250 e. The second-order valence-electron chi connectivity index (χ2n) is 3.04. The van der Waals surface area contributed by atoms with Gasteiger partial charge in [0.2, 0.25) is 0 Å².